The van der Waals surface area contributed by atoms with Crippen LogP contribution in [0.5, 0.6) is 0 Å². The molecule has 6 heteroatoms. The van der Waals surface area contributed by atoms with Crippen LogP contribution in [0.1, 0.15) is 27.2 Å². The van der Waals surface area contributed by atoms with Gasteiger partial charge in [-0.05, 0) is 20.3 Å². The quantitative estimate of drug-likeness (QED) is 0.785. The molecule has 0 spiro atoms. The fourth-order valence-corrected chi connectivity index (χ4v) is 1.71. The van der Waals surface area contributed by atoms with Crippen molar-refractivity contribution < 1.29 is 28.4 Å². The van der Waals surface area contributed by atoms with Gasteiger partial charge in [0.15, 0.2) is 0 Å². The molecule has 132 valence electrons. The smallest absolute Gasteiger partial charge is 0.104 e. The lowest BCUT2D eigenvalue weighted by molar-refractivity contribution is -0.112. The first-order valence-electron chi connectivity index (χ1n) is 8.20. The molecule has 1 saturated heterocycles. The minimum absolute atomic E-state index is 0.0872. The van der Waals surface area contributed by atoms with Crippen molar-refractivity contribution in [2.75, 3.05) is 66.1 Å². The lowest BCUT2D eigenvalue weighted by atomic mass is 10.1. The molecule has 0 aromatic heterocycles. The van der Waals surface area contributed by atoms with Crippen LogP contribution in [0.15, 0.2) is 0 Å². The van der Waals surface area contributed by atoms with E-state index in [1.807, 2.05) is 0 Å². The third-order valence-electron chi connectivity index (χ3n) is 3.51. The summed E-state index contributed by atoms with van der Waals surface area (Å²) in [5.74, 6) is 0. The molecule has 1 fully saturated rings. The zero-order valence-electron chi connectivity index (χ0n) is 14.3. The second kappa shape index (κ2) is 12.2. The van der Waals surface area contributed by atoms with Gasteiger partial charge in [0.1, 0.15) is 6.10 Å². The summed E-state index contributed by atoms with van der Waals surface area (Å²) in [6.07, 6.45) is 0.869. The Morgan fingerprint density at radius 2 is 1.32 bits per heavy atom. The fourth-order valence-electron chi connectivity index (χ4n) is 1.71. The summed E-state index contributed by atoms with van der Waals surface area (Å²) >= 11 is 0. The van der Waals surface area contributed by atoms with Gasteiger partial charge in [0.05, 0.1) is 71.7 Å². The van der Waals surface area contributed by atoms with Crippen molar-refractivity contribution in [3.63, 3.8) is 0 Å². The zero-order chi connectivity index (χ0) is 16.1. The largest absolute Gasteiger partial charge is 0.377 e. The molecule has 6 nitrogen and oxygen atoms in total. The summed E-state index contributed by atoms with van der Waals surface area (Å²) in [7, 11) is 0. The van der Waals surface area contributed by atoms with Crippen molar-refractivity contribution in [2.24, 2.45) is 0 Å². The average molecular weight is 320 g/mol. The van der Waals surface area contributed by atoms with Gasteiger partial charge in [-0.25, -0.2) is 0 Å². The van der Waals surface area contributed by atoms with Crippen LogP contribution in [0.4, 0.5) is 0 Å². The van der Waals surface area contributed by atoms with Gasteiger partial charge in [-0.1, -0.05) is 6.92 Å². The normalized spacial score (nSPS) is 24.4. The summed E-state index contributed by atoms with van der Waals surface area (Å²) < 4.78 is 33.6. The Bertz CT molecular complexity index is 243. The summed E-state index contributed by atoms with van der Waals surface area (Å²) in [6.45, 7) is 11.8. The molecule has 0 saturated carbocycles. The Kier molecular flexibility index (Phi) is 11.0. The van der Waals surface area contributed by atoms with Crippen LogP contribution in [0.3, 0.4) is 0 Å². The number of ether oxygens (including phenoxy) is 6. The first-order chi connectivity index (χ1) is 10.6. The van der Waals surface area contributed by atoms with E-state index in [0.29, 0.717) is 66.1 Å². The van der Waals surface area contributed by atoms with Gasteiger partial charge in [-0.2, -0.15) is 0 Å². The monoisotopic (exact) mass is 320 g/mol. The molecule has 22 heavy (non-hydrogen) atoms. The summed E-state index contributed by atoms with van der Waals surface area (Å²) in [6, 6.07) is 0. The second-order valence-corrected chi connectivity index (χ2v) is 5.83. The highest BCUT2D eigenvalue weighted by molar-refractivity contribution is 4.67. The van der Waals surface area contributed by atoms with Crippen molar-refractivity contribution in [1.29, 1.82) is 0 Å². The third kappa shape index (κ3) is 10.5. The molecule has 0 aromatic carbocycles. The Morgan fingerprint density at radius 3 is 1.86 bits per heavy atom. The molecule has 1 aliphatic heterocycles. The molecule has 0 bridgehead atoms. The first kappa shape index (κ1) is 19.8. The minimum atomic E-state index is -0.142. The van der Waals surface area contributed by atoms with Crippen LogP contribution >= 0.6 is 0 Å². The maximum Gasteiger partial charge on any atom is 0.104 e. The van der Waals surface area contributed by atoms with Gasteiger partial charge in [-0.3, -0.25) is 0 Å². The Balaban J connectivity index is 2.32. The molecule has 0 N–H and O–H groups in total. The Morgan fingerprint density at radius 1 is 0.818 bits per heavy atom. The van der Waals surface area contributed by atoms with Gasteiger partial charge in [0.25, 0.3) is 0 Å². The van der Waals surface area contributed by atoms with E-state index in [9.17, 15) is 0 Å². The van der Waals surface area contributed by atoms with Crippen molar-refractivity contribution in [3.05, 3.63) is 0 Å². The summed E-state index contributed by atoms with van der Waals surface area (Å²) in [5, 5.41) is 0. The lowest BCUT2D eigenvalue weighted by Crippen LogP contribution is -2.33. The molecule has 0 aromatic rings. The van der Waals surface area contributed by atoms with Crippen LogP contribution in [-0.4, -0.2) is 77.8 Å². The predicted molar refractivity (Wildman–Crippen MR) is 83.3 cm³/mol. The van der Waals surface area contributed by atoms with E-state index < -0.39 is 0 Å². The summed E-state index contributed by atoms with van der Waals surface area (Å²) in [4.78, 5) is 0. The first-order valence-corrected chi connectivity index (χ1v) is 8.20. The van der Waals surface area contributed by atoms with Gasteiger partial charge in [0.2, 0.25) is 0 Å². The summed E-state index contributed by atoms with van der Waals surface area (Å²) in [5.41, 5.74) is -0.142. The highest BCUT2D eigenvalue weighted by atomic mass is 16.6. The number of hydrogen-bond donors (Lipinski definition) is 0. The van der Waals surface area contributed by atoms with E-state index in [0.717, 1.165) is 6.42 Å². The van der Waals surface area contributed by atoms with E-state index in [4.69, 9.17) is 28.4 Å². The van der Waals surface area contributed by atoms with E-state index in [1.165, 1.54) is 0 Å². The maximum absolute atomic E-state index is 5.91. The van der Waals surface area contributed by atoms with E-state index in [1.54, 1.807) is 0 Å². The SMILES string of the molecule is CCC(C)(C)OCC1COCCOCCOCCOCCO1. The van der Waals surface area contributed by atoms with Crippen LogP contribution in [0.2, 0.25) is 0 Å². The molecule has 0 aliphatic carbocycles. The molecule has 1 atom stereocenters. The molecular formula is C16H32O6. The topological polar surface area (TPSA) is 55.4 Å². The van der Waals surface area contributed by atoms with Crippen molar-refractivity contribution in [3.8, 4) is 0 Å². The van der Waals surface area contributed by atoms with Gasteiger partial charge < -0.3 is 28.4 Å². The zero-order valence-corrected chi connectivity index (χ0v) is 14.3. The molecule has 1 rings (SSSR count). The minimum Gasteiger partial charge on any atom is -0.377 e. The molecule has 0 radical (unpaired) electrons. The van der Waals surface area contributed by atoms with Crippen LogP contribution in [0, 0.1) is 0 Å². The van der Waals surface area contributed by atoms with Gasteiger partial charge in [0, 0.05) is 0 Å². The van der Waals surface area contributed by atoms with E-state index >= 15 is 0 Å². The van der Waals surface area contributed by atoms with Crippen LogP contribution in [0.25, 0.3) is 0 Å². The van der Waals surface area contributed by atoms with Crippen molar-refractivity contribution in [1.82, 2.24) is 0 Å². The van der Waals surface area contributed by atoms with Crippen LogP contribution in [-0.2, 0) is 28.4 Å². The number of rotatable bonds is 4. The van der Waals surface area contributed by atoms with Gasteiger partial charge in [-0.15, -0.1) is 0 Å². The Labute approximate surface area is 134 Å². The highest BCUT2D eigenvalue weighted by Crippen LogP contribution is 2.14. The molecule has 1 aliphatic rings. The Hall–Kier alpha value is -0.240. The van der Waals surface area contributed by atoms with Crippen molar-refractivity contribution >= 4 is 0 Å². The van der Waals surface area contributed by atoms with Crippen molar-refractivity contribution in [2.45, 2.75) is 38.9 Å². The lowest BCUT2D eigenvalue weighted by Gasteiger charge is -2.27. The number of hydrogen-bond acceptors (Lipinski definition) is 6. The van der Waals surface area contributed by atoms with E-state index in [-0.39, 0.29) is 11.7 Å². The molecular weight excluding hydrogens is 288 g/mol. The predicted octanol–water partition coefficient (Wildman–Crippen LogP) is 1.66. The molecule has 0 amide bonds. The maximum atomic E-state index is 5.91. The highest BCUT2D eigenvalue weighted by Gasteiger charge is 2.19. The van der Waals surface area contributed by atoms with E-state index in [2.05, 4.69) is 20.8 Å². The fraction of sp³-hybridized carbons (Fsp3) is 1.00. The van der Waals surface area contributed by atoms with Gasteiger partial charge >= 0.3 is 0 Å². The average Bonchev–Trinajstić information content (AvgIpc) is 2.52. The molecule has 1 heterocycles. The second-order valence-electron chi connectivity index (χ2n) is 5.83. The third-order valence-corrected chi connectivity index (χ3v) is 3.51. The molecule has 1 unspecified atom stereocenters. The van der Waals surface area contributed by atoms with Crippen LogP contribution < -0.4 is 0 Å². The standard InChI is InChI=1S/C16H32O6/c1-4-16(2,3)22-14-15-13-20-10-9-18-6-5-17-7-8-19-11-12-21-15/h15H,4-14H2,1-3H3.